The third-order valence-corrected chi connectivity index (χ3v) is 4.47. The van der Waals surface area contributed by atoms with Gasteiger partial charge >= 0.3 is 12.5 Å². The zero-order valence-electron chi connectivity index (χ0n) is 15.3. The monoisotopic (exact) mass is 446 g/mol. The van der Waals surface area contributed by atoms with Crippen molar-refractivity contribution in [1.82, 2.24) is 25.1 Å². The van der Waals surface area contributed by atoms with E-state index in [1.807, 2.05) is 0 Å². The average Bonchev–Trinajstić information content (AvgIpc) is 3.30. The van der Waals surface area contributed by atoms with Crippen LogP contribution in [0.1, 0.15) is 12.0 Å². The normalized spacial score (nSPS) is 17.1. The fourth-order valence-electron chi connectivity index (χ4n) is 3.12. The number of carbonyl (C=O) groups is 1. The molecule has 31 heavy (non-hydrogen) atoms. The van der Waals surface area contributed by atoms with Crippen molar-refractivity contribution < 1.29 is 35.9 Å². The molecule has 3 heterocycles. The Balaban J connectivity index is 1.80. The van der Waals surface area contributed by atoms with Gasteiger partial charge in [-0.15, -0.1) is 23.4 Å². The Labute approximate surface area is 169 Å². The molecular formula is C17H12F6N6O2. The predicted octanol–water partition coefficient (Wildman–Crippen LogP) is 3.01. The van der Waals surface area contributed by atoms with Crippen LogP contribution in [-0.4, -0.2) is 44.7 Å². The molecule has 1 fully saturated rings. The van der Waals surface area contributed by atoms with Crippen molar-refractivity contribution in [3.63, 3.8) is 0 Å². The number of alkyl halides is 6. The molecule has 2 aromatic heterocycles. The Bertz CT molecular complexity index is 1140. The zero-order valence-corrected chi connectivity index (χ0v) is 15.3. The number of aromatic nitrogens is 4. The van der Waals surface area contributed by atoms with Crippen LogP contribution < -0.4 is 15.4 Å². The van der Waals surface area contributed by atoms with Crippen molar-refractivity contribution in [2.75, 3.05) is 11.9 Å². The molecule has 2 N–H and O–H groups in total. The molecule has 1 aromatic carbocycles. The minimum absolute atomic E-state index is 0.0380. The van der Waals surface area contributed by atoms with E-state index < -0.39 is 29.9 Å². The Kier molecular flexibility index (Phi) is 4.86. The standard InChI is InChI=1S/C17H12F6N6O2/c18-16(19,20)8-1-2-9(12(7-8)31-17(21,22)23)13-11-4-6-25-29(11)15(28-27-13)26-10-3-5-24-14(10)30/h1-2,4,6-7,10H,3,5H2,(H,24,30)(H,26,28). The van der Waals surface area contributed by atoms with Crippen molar-refractivity contribution in [2.24, 2.45) is 0 Å². The highest BCUT2D eigenvalue weighted by Crippen LogP contribution is 2.39. The van der Waals surface area contributed by atoms with E-state index in [-0.39, 0.29) is 34.7 Å². The van der Waals surface area contributed by atoms with Crippen LogP contribution in [0.15, 0.2) is 30.5 Å². The minimum Gasteiger partial charge on any atom is -0.405 e. The first-order valence-corrected chi connectivity index (χ1v) is 8.75. The number of hydrogen-bond acceptors (Lipinski definition) is 6. The summed E-state index contributed by atoms with van der Waals surface area (Å²) in [4.78, 5) is 11.8. The highest BCUT2D eigenvalue weighted by Gasteiger charge is 2.36. The van der Waals surface area contributed by atoms with Crippen molar-refractivity contribution in [1.29, 1.82) is 0 Å². The summed E-state index contributed by atoms with van der Waals surface area (Å²) in [5.41, 5.74) is -1.73. The number of hydrogen-bond donors (Lipinski definition) is 2. The molecular weight excluding hydrogens is 434 g/mol. The van der Waals surface area contributed by atoms with E-state index in [4.69, 9.17) is 0 Å². The maximum Gasteiger partial charge on any atom is 0.573 e. The van der Waals surface area contributed by atoms with Crippen LogP contribution in [0.5, 0.6) is 5.75 Å². The summed E-state index contributed by atoms with van der Waals surface area (Å²) in [5.74, 6) is -1.32. The molecule has 1 amide bonds. The van der Waals surface area contributed by atoms with E-state index >= 15 is 0 Å². The molecule has 1 unspecified atom stereocenters. The Morgan fingerprint density at radius 2 is 1.90 bits per heavy atom. The highest BCUT2D eigenvalue weighted by molar-refractivity contribution is 5.86. The molecule has 1 atom stereocenters. The van der Waals surface area contributed by atoms with Crippen molar-refractivity contribution >= 4 is 17.4 Å². The molecule has 164 valence electrons. The summed E-state index contributed by atoms with van der Waals surface area (Å²) in [6, 6.07) is 2.45. The summed E-state index contributed by atoms with van der Waals surface area (Å²) >= 11 is 0. The van der Waals surface area contributed by atoms with E-state index in [2.05, 4.69) is 30.7 Å². The second kappa shape index (κ2) is 7.28. The van der Waals surface area contributed by atoms with Gasteiger partial charge in [0.05, 0.1) is 17.3 Å². The van der Waals surface area contributed by atoms with E-state index in [1.165, 1.54) is 16.8 Å². The number of ether oxygens (including phenoxy) is 1. The molecule has 4 rings (SSSR count). The third-order valence-electron chi connectivity index (χ3n) is 4.47. The van der Waals surface area contributed by atoms with E-state index in [0.29, 0.717) is 19.0 Å². The first kappa shape index (κ1) is 20.7. The summed E-state index contributed by atoms with van der Waals surface area (Å²) < 4.78 is 82.5. The van der Waals surface area contributed by atoms with Crippen LogP contribution in [0.25, 0.3) is 16.8 Å². The molecule has 1 aliphatic rings. The van der Waals surface area contributed by atoms with Gasteiger partial charge < -0.3 is 15.4 Å². The number of anilines is 1. The lowest BCUT2D eigenvalue weighted by atomic mass is 10.1. The van der Waals surface area contributed by atoms with Crippen LogP contribution in [0.2, 0.25) is 0 Å². The van der Waals surface area contributed by atoms with Crippen LogP contribution in [0.4, 0.5) is 32.3 Å². The molecule has 0 aliphatic carbocycles. The van der Waals surface area contributed by atoms with Crippen LogP contribution in [0.3, 0.4) is 0 Å². The number of carbonyl (C=O) groups excluding carboxylic acids is 1. The number of nitrogens with one attached hydrogen (secondary N) is 2. The number of fused-ring (bicyclic) bond motifs is 1. The van der Waals surface area contributed by atoms with Gasteiger partial charge in [-0.25, -0.2) is 0 Å². The van der Waals surface area contributed by atoms with Gasteiger partial charge in [0.1, 0.15) is 17.5 Å². The Morgan fingerprint density at radius 3 is 2.55 bits per heavy atom. The lowest BCUT2D eigenvalue weighted by Crippen LogP contribution is -2.31. The second-order valence-electron chi connectivity index (χ2n) is 6.53. The number of benzene rings is 1. The van der Waals surface area contributed by atoms with Crippen LogP contribution in [-0.2, 0) is 11.0 Å². The lowest BCUT2D eigenvalue weighted by Gasteiger charge is -2.17. The summed E-state index contributed by atoms with van der Waals surface area (Å²) in [6.45, 7) is 0.452. The molecule has 0 radical (unpaired) electrons. The first-order chi connectivity index (χ1) is 14.5. The maximum absolute atomic E-state index is 13.0. The number of nitrogens with zero attached hydrogens (tertiary/aromatic N) is 4. The van der Waals surface area contributed by atoms with Crippen LogP contribution >= 0.6 is 0 Å². The van der Waals surface area contributed by atoms with Crippen molar-refractivity contribution in [3.8, 4) is 17.0 Å². The maximum atomic E-state index is 13.0. The van der Waals surface area contributed by atoms with Gasteiger partial charge in [0, 0.05) is 12.1 Å². The summed E-state index contributed by atoms with van der Waals surface area (Å²) in [5, 5.41) is 17.2. The second-order valence-corrected chi connectivity index (χ2v) is 6.53. The molecule has 1 aliphatic heterocycles. The Hall–Kier alpha value is -3.58. The topological polar surface area (TPSA) is 93.4 Å². The predicted molar refractivity (Wildman–Crippen MR) is 92.9 cm³/mol. The number of halogens is 6. The molecule has 0 spiro atoms. The molecule has 0 saturated carbocycles. The van der Waals surface area contributed by atoms with Gasteiger partial charge in [-0.2, -0.15) is 22.8 Å². The summed E-state index contributed by atoms with van der Waals surface area (Å²) in [7, 11) is 0. The average molecular weight is 446 g/mol. The van der Waals surface area contributed by atoms with Crippen molar-refractivity contribution in [3.05, 3.63) is 36.0 Å². The molecule has 8 nitrogen and oxygen atoms in total. The van der Waals surface area contributed by atoms with Gasteiger partial charge in [0.2, 0.25) is 11.9 Å². The minimum atomic E-state index is -5.24. The SMILES string of the molecule is O=C1NCCC1Nc1nnc(-c2ccc(C(F)(F)F)cc2OC(F)(F)F)c2ccnn12. The van der Waals surface area contributed by atoms with E-state index in [0.717, 1.165) is 6.07 Å². The lowest BCUT2D eigenvalue weighted by molar-refractivity contribution is -0.274. The van der Waals surface area contributed by atoms with Crippen molar-refractivity contribution in [2.45, 2.75) is 25.0 Å². The fraction of sp³-hybridized carbons (Fsp3) is 0.294. The fourth-order valence-corrected chi connectivity index (χ4v) is 3.12. The zero-order chi connectivity index (χ0) is 22.4. The quantitative estimate of drug-likeness (QED) is 0.599. The third kappa shape index (κ3) is 4.18. The first-order valence-electron chi connectivity index (χ1n) is 8.75. The number of amides is 1. The Morgan fingerprint density at radius 1 is 1.13 bits per heavy atom. The summed E-state index contributed by atoms with van der Waals surface area (Å²) in [6.07, 6.45) is -8.35. The van der Waals surface area contributed by atoms with Gasteiger partial charge in [0.15, 0.2) is 0 Å². The smallest absolute Gasteiger partial charge is 0.405 e. The van der Waals surface area contributed by atoms with E-state index in [9.17, 15) is 31.1 Å². The largest absolute Gasteiger partial charge is 0.573 e. The highest BCUT2D eigenvalue weighted by atomic mass is 19.4. The van der Waals surface area contributed by atoms with Gasteiger partial charge in [-0.05, 0) is 30.7 Å². The molecule has 3 aromatic rings. The molecule has 14 heteroatoms. The van der Waals surface area contributed by atoms with Gasteiger partial charge in [0.25, 0.3) is 0 Å². The number of rotatable bonds is 4. The van der Waals surface area contributed by atoms with E-state index in [1.54, 1.807) is 0 Å². The molecule has 1 saturated heterocycles. The molecule has 0 bridgehead atoms. The van der Waals surface area contributed by atoms with Crippen LogP contribution in [0, 0.1) is 0 Å². The van der Waals surface area contributed by atoms with Gasteiger partial charge in [-0.1, -0.05) is 0 Å². The van der Waals surface area contributed by atoms with Gasteiger partial charge in [-0.3, -0.25) is 4.79 Å².